The predicted molar refractivity (Wildman–Crippen MR) is 84.4 cm³/mol. The molecule has 5 nitrogen and oxygen atoms in total. The number of hydrogen-bond donors (Lipinski definition) is 2. The number of nitrogens with two attached hydrogens (primary N) is 1. The first-order valence-electron chi connectivity index (χ1n) is 7.62. The summed E-state index contributed by atoms with van der Waals surface area (Å²) in [7, 11) is 0. The van der Waals surface area contributed by atoms with Crippen molar-refractivity contribution in [3.63, 3.8) is 0 Å². The number of H-pyrrole nitrogens is 1. The van der Waals surface area contributed by atoms with Crippen LogP contribution < -0.4 is 10.6 Å². The average molecular weight is 285 g/mol. The van der Waals surface area contributed by atoms with Gasteiger partial charge in [0.25, 0.3) is 0 Å². The second-order valence-corrected chi connectivity index (χ2v) is 5.98. The zero-order chi connectivity index (χ0) is 14.8. The van der Waals surface area contributed by atoms with Gasteiger partial charge in [-0.25, -0.2) is 0 Å². The van der Waals surface area contributed by atoms with E-state index in [-0.39, 0.29) is 6.04 Å². The molecule has 1 aliphatic rings. The Labute approximate surface area is 125 Å². The summed E-state index contributed by atoms with van der Waals surface area (Å²) in [6, 6.07) is 9.02. The smallest absolute Gasteiger partial charge is 0.245 e. The summed E-state index contributed by atoms with van der Waals surface area (Å²) in [5, 5.41) is 7.43. The third-order valence-electron chi connectivity index (χ3n) is 4.32. The van der Waals surface area contributed by atoms with E-state index in [0.717, 1.165) is 37.6 Å². The molecular weight excluding hydrogens is 262 g/mol. The van der Waals surface area contributed by atoms with Crippen LogP contribution in [-0.4, -0.2) is 33.8 Å². The van der Waals surface area contributed by atoms with E-state index in [1.165, 1.54) is 11.1 Å². The van der Waals surface area contributed by atoms with E-state index >= 15 is 0 Å². The van der Waals surface area contributed by atoms with Crippen LogP contribution in [0.1, 0.15) is 36.7 Å². The highest BCUT2D eigenvalue weighted by molar-refractivity contribution is 5.33. The van der Waals surface area contributed by atoms with E-state index in [1.807, 2.05) is 0 Å². The number of nitrogens with one attached hydrogen (secondary N) is 1. The summed E-state index contributed by atoms with van der Waals surface area (Å²) in [5.74, 6) is 1.68. The largest absolute Gasteiger partial charge is 0.335 e. The van der Waals surface area contributed by atoms with E-state index in [1.54, 1.807) is 0 Å². The molecule has 1 saturated heterocycles. The standard InChI is InChI=1S/C16H23N5/c1-11-5-7-13(8-6-11)10-15-18-16(20-19-15)21-9-3-4-14(17)12(21)2/h5-8,12,14H,3-4,9-10,17H2,1-2H3,(H,18,19,20). The fourth-order valence-electron chi connectivity index (χ4n) is 2.85. The molecule has 112 valence electrons. The Morgan fingerprint density at radius 3 is 2.86 bits per heavy atom. The number of aromatic nitrogens is 3. The maximum Gasteiger partial charge on any atom is 0.245 e. The van der Waals surface area contributed by atoms with Crippen molar-refractivity contribution < 1.29 is 0 Å². The maximum absolute atomic E-state index is 6.14. The molecule has 2 aromatic rings. The highest BCUT2D eigenvalue weighted by Gasteiger charge is 2.27. The van der Waals surface area contributed by atoms with Crippen LogP contribution in [-0.2, 0) is 6.42 Å². The summed E-state index contributed by atoms with van der Waals surface area (Å²) in [6.45, 7) is 5.23. The molecule has 2 heterocycles. The molecule has 1 aromatic heterocycles. The SMILES string of the molecule is Cc1ccc(Cc2nc(N3CCCC(N)C3C)n[nH]2)cc1. The fourth-order valence-corrected chi connectivity index (χ4v) is 2.85. The van der Waals surface area contributed by atoms with Gasteiger partial charge in [0.2, 0.25) is 5.95 Å². The fraction of sp³-hybridized carbons (Fsp3) is 0.500. The lowest BCUT2D eigenvalue weighted by Crippen LogP contribution is -2.50. The molecule has 0 bridgehead atoms. The van der Waals surface area contributed by atoms with Gasteiger partial charge in [-0.3, -0.25) is 5.10 Å². The van der Waals surface area contributed by atoms with E-state index in [4.69, 9.17) is 5.73 Å². The van der Waals surface area contributed by atoms with Crippen LogP contribution >= 0.6 is 0 Å². The summed E-state index contributed by atoms with van der Waals surface area (Å²) < 4.78 is 0. The van der Waals surface area contributed by atoms with Crippen molar-refractivity contribution in [1.82, 2.24) is 15.2 Å². The minimum absolute atomic E-state index is 0.206. The van der Waals surface area contributed by atoms with Gasteiger partial charge in [0.1, 0.15) is 5.82 Å². The molecule has 0 spiro atoms. The van der Waals surface area contributed by atoms with Crippen molar-refractivity contribution in [1.29, 1.82) is 0 Å². The lowest BCUT2D eigenvalue weighted by molar-refractivity contribution is 0.416. The van der Waals surface area contributed by atoms with Crippen LogP contribution in [0.2, 0.25) is 0 Å². The van der Waals surface area contributed by atoms with Crippen LogP contribution in [0.3, 0.4) is 0 Å². The molecule has 1 aromatic carbocycles. The molecular formula is C16H23N5. The van der Waals surface area contributed by atoms with Crippen molar-refractivity contribution in [3.05, 3.63) is 41.2 Å². The van der Waals surface area contributed by atoms with Gasteiger partial charge in [-0.05, 0) is 32.3 Å². The third-order valence-corrected chi connectivity index (χ3v) is 4.32. The van der Waals surface area contributed by atoms with Gasteiger partial charge >= 0.3 is 0 Å². The molecule has 5 heteroatoms. The first kappa shape index (κ1) is 14.1. The van der Waals surface area contributed by atoms with Gasteiger partial charge < -0.3 is 10.6 Å². The molecule has 21 heavy (non-hydrogen) atoms. The Morgan fingerprint density at radius 1 is 1.33 bits per heavy atom. The Morgan fingerprint density at radius 2 is 2.10 bits per heavy atom. The predicted octanol–water partition coefficient (Wildman–Crippen LogP) is 2.02. The van der Waals surface area contributed by atoms with Crippen molar-refractivity contribution in [2.75, 3.05) is 11.4 Å². The van der Waals surface area contributed by atoms with E-state index < -0.39 is 0 Å². The molecule has 2 atom stereocenters. The van der Waals surface area contributed by atoms with E-state index in [2.05, 4.69) is 58.2 Å². The highest BCUT2D eigenvalue weighted by atomic mass is 15.4. The molecule has 3 rings (SSSR count). The number of aryl methyl sites for hydroxylation is 1. The normalized spacial score (nSPS) is 22.5. The monoisotopic (exact) mass is 285 g/mol. The van der Waals surface area contributed by atoms with Crippen LogP contribution in [0, 0.1) is 6.92 Å². The summed E-state index contributed by atoms with van der Waals surface area (Å²) in [6.07, 6.45) is 2.97. The van der Waals surface area contributed by atoms with Crippen LogP contribution in [0.25, 0.3) is 0 Å². The van der Waals surface area contributed by atoms with Crippen molar-refractivity contribution in [2.45, 2.75) is 45.2 Å². The Hall–Kier alpha value is -1.88. The Bertz CT molecular complexity index is 589. The molecule has 0 amide bonds. The van der Waals surface area contributed by atoms with Crippen LogP contribution in [0.15, 0.2) is 24.3 Å². The quantitative estimate of drug-likeness (QED) is 0.905. The van der Waals surface area contributed by atoms with Crippen LogP contribution in [0.5, 0.6) is 0 Å². The van der Waals surface area contributed by atoms with Crippen molar-refractivity contribution in [3.8, 4) is 0 Å². The first-order valence-corrected chi connectivity index (χ1v) is 7.62. The summed E-state index contributed by atoms with van der Waals surface area (Å²) in [5.41, 5.74) is 8.66. The van der Waals surface area contributed by atoms with Gasteiger partial charge in [0.15, 0.2) is 0 Å². The van der Waals surface area contributed by atoms with Gasteiger partial charge in [-0.1, -0.05) is 29.8 Å². The maximum atomic E-state index is 6.14. The molecule has 0 saturated carbocycles. The lowest BCUT2D eigenvalue weighted by Gasteiger charge is -2.36. The molecule has 2 unspecified atom stereocenters. The number of nitrogens with zero attached hydrogens (tertiary/aromatic N) is 3. The van der Waals surface area contributed by atoms with Gasteiger partial charge in [-0.15, -0.1) is 5.10 Å². The van der Waals surface area contributed by atoms with Gasteiger partial charge in [-0.2, -0.15) is 4.98 Å². The number of aromatic amines is 1. The minimum Gasteiger partial charge on any atom is -0.335 e. The third kappa shape index (κ3) is 3.08. The first-order chi connectivity index (χ1) is 10.1. The van der Waals surface area contributed by atoms with Gasteiger partial charge in [0, 0.05) is 25.0 Å². The molecule has 1 fully saturated rings. The molecule has 0 aliphatic carbocycles. The second kappa shape index (κ2) is 5.85. The van der Waals surface area contributed by atoms with Crippen molar-refractivity contribution >= 4 is 5.95 Å². The zero-order valence-corrected chi connectivity index (χ0v) is 12.7. The van der Waals surface area contributed by atoms with Gasteiger partial charge in [0.05, 0.1) is 0 Å². The highest BCUT2D eigenvalue weighted by Crippen LogP contribution is 2.21. The molecule has 1 aliphatic heterocycles. The second-order valence-electron chi connectivity index (χ2n) is 5.98. The Kier molecular flexibility index (Phi) is 3.92. The number of benzene rings is 1. The lowest BCUT2D eigenvalue weighted by atomic mass is 9.99. The molecule has 0 radical (unpaired) electrons. The Balaban J connectivity index is 1.72. The topological polar surface area (TPSA) is 70.8 Å². The average Bonchev–Trinajstić information content (AvgIpc) is 2.93. The minimum atomic E-state index is 0.206. The molecule has 3 N–H and O–H groups in total. The number of anilines is 1. The zero-order valence-electron chi connectivity index (χ0n) is 12.7. The summed E-state index contributed by atoms with van der Waals surface area (Å²) in [4.78, 5) is 6.85. The van der Waals surface area contributed by atoms with Crippen molar-refractivity contribution in [2.24, 2.45) is 5.73 Å². The number of hydrogen-bond acceptors (Lipinski definition) is 4. The summed E-state index contributed by atoms with van der Waals surface area (Å²) >= 11 is 0. The number of rotatable bonds is 3. The van der Waals surface area contributed by atoms with E-state index in [9.17, 15) is 0 Å². The van der Waals surface area contributed by atoms with Crippen LogP contribution in [0.4, 0.5) is 5.95 Å². The number of piperidine rings is 1. The van der Waals surface area contributed by atoms with E-state index in [0.29, 0.717) is 6.04 Å².